The van der Waals surface area contributed by atoms with Gasteiger partial charge >= 0.3 is 6.09 Å². The number of hydrogen-bond acceptors (Lipinski definition) is 3. The third-order valence-electron chi connectivity index (χ3n) is 3.44. The summed E-state index contributed by atoms with van der Waals surface area (Å²) in [7, 11) is 0. The Kier molecular flexibility index (Phi) is 5.60. The van der Waals surface area contributed by atoms with Gasteiger partial charge in [-0.1, -0.05) is 25.5 Å². The highest BCUT2D eigenvalue weighted by Crippen LogP contribution is 2.27. The number of carbonyl (C=O) groups is 1. The minimum atomic E-state index is -0.568. The van der Waals surface area contributed by atoms with E-state index in [0.717, 1.165) is 24.1 Å². The molecule has 2 rings (SSSR count). The summed E-state index contributed by atoms with van der Waals surface area (Å²) in [5.74, 6) is 0.562. The van der Waals surface area contributed by atoms with Crippen molar-refractivity contribution in [2.45, 2.75) is 53.1 Å². The minimum Gasteiger partial charge on any atom is -0.443 e. The molecule has 1 heterocycles. The van der Waals surface area contributed by atoms with E-state index in [-0.39, 0.29) is 0 Å². The van der Waals surface area contributed by atoms with Gasteiger partial charge in [0.05, 0.1) is 5.69 Å². The number of hydrogen-bond donors (Lipinski definition) is 0. The maximum atomic E-state index is 12.7. The summed E-state index contributed by atoms with van der Waals surface area (Å²) in [6.07, 6.45) is 3.39. The van der Waals surface area contributed by atoms with Gasteiger partial charge in [0.25, 0.3) is 0 Å². The van der Waals surface area contributed by atoms with Gasteiger partial charge in [0.2, 0.25) is 0 Å². The molecule has 24 heavy (non-hydrogen) atoms. The lowest BCUT2D eigenvalue weighted by Crippen LogP contribution is -2.34. The van der Waals surface area contributed by atoms with E-state index in [1.165, 1.54) is 10.5 Å². The monoisotopic (exact) mass is 326 g/mol. The van der Waals surface area contributed by atoms with Crippen molar-refractivity contribution in [2.24, 2.45) is 0 Å². The lowest BCUT2D eigenvalue weighted by molar-refractivity contribution is 0.0598. The Bertz CT molecular complexity index is 688. The molecule has 0 radical (unpaired) electrons. The number of anilines is 2. The minimum absolute atomic E-state index is 0.427. The summed E-state index contributed by atoms with van der Waals surface area (Å²) in [5.41, 5.74) is 2.47. The second kappa shape index (κ2) is 7.47. The normalized spacial score (nSPS) is 11.2. The first-order valence-corrected chi connectivity index (χ1v) is 8.35. The maximum absolute atomic E-state index is 12.7. The maximum Gasteiger partial charge on any atom is 0.420 e. The van der Waals surface area contributed by atoms with Crippen molar-refractivity contribution in [1.82, 2.24) is 4.98 Å². The van der Waals surface area contributed by atoms with Crippen molar-refractivity contribution in [3.63, 3.8) is 0 Å². The van der Waals surface area contributed by atoms with Crippen LogP contribution < -0.4 is 4.90 Å². The van der Waals surface area contributed by atoms with E-state index in [4.69, 9.17) is 4.74 Å². The number of rotatable bonds is 4. The molecule has 1 amide bonds. The highest BCUT2D eigenvalue weighted by molar-refractivity contribution is 5.95. The largest absolute Gasteiger partial charge is 0.443 e. The summed E-state index contributed by atoms with van der Waals surface area (Å²) in [4.78, 5) is 18.6. The number of carbonyl (C=O) groups excluding carboxylic acids is 1. The van der Waals surface area contributed by atoms with Crippen LogP contribution in [0.25, 0.3) is 0 Å². The molecule has 0 aliphatic carbocycles. The first-order chi connectivity index (χ1) is 11.3. The van der Waals surface area contributed by atoms with E-state index in [1.54, 1.807) is 6.20 Å². The number of ether oxygens (including phenoxy) is 1. The molecule has 2 aromatic rings. The standard InChI is InChI=1S/C20H26N2O2/c1-6-7-16-8-10-17(11-9-16)22(19(23)24-20(3,4)5)18-14-15(2)12-13-21-18/h8-14H,6-7H2,1-5H3. The Labute approximate surface area is 144 Å². The molecule has 0 saturated heterocycles. The molecule has 0 aliphatic heterocycles. The molecule has 128 valence electrons. The van der Waals surface area contributed by atoms with Gasteiger partial charge in [-0.25, -0.2) is 14.7 Å². The molecule has 1 aromatic carbocycles. The van der Waals surface area contributed by atoms with Crippen molar-refractivity contribution < 1.29 is 9.53 Å². The topological polar surface area (TPSA) is 42.4 Å². The van der Waals surface area contributed by atoms with Crippen molar-refractivity contribution in [3.05, 3.63) is 53.7 Å². The van der Waals surface area contributed by atoms with Crippen LogP contribution in [0.1, 0.15) is 45.2 Å². The van der Waals surface area contributed by atoms with E-state index < -0.39 is 11.7 Å². The van der Waals surface area contributed by atoms with Crippen molar-refractivity contribution in [2.75, 3.05) is 4.90 Å². The highest BCUT2D eigenvalue weighted by atomic mass is 16.6. The van der Waals surface area contributed by atoms with Gasteiger partial charge in [0.1, 0.15) is 11.4 Å². The first kappa shape index (κ1) is 18.0. The number of aryl methyl sites for hydroxylation is 2. The average molecular weight is 326 g/mol. The first-order valence-electron chi connectivity index (χ1n) is 8.35. The molecule has 0 fully saturated rings. The van der Waals surface area contributed by atoms with E-state index in [0.29, 0.717) is 5.82 Å². The number of pyridine rings is 1. The Morgan fingerprint density at radius 3 is 2.38 bits per heavy atom. The van der Waals surface area contributed by atoms with Crippen molar-refractivity contribution in [1.29, 1.82) is 0 Å². The zero-order chi connectivity index (χ0) is 17.7. The highest BCUT2D eigenvalue weighted by Gasteiger charge is 2.25. The molecule has 0 saturated carbocycles. The molecular formula is C20H26N2O2. The molecule has 4 heteroatoms. The Morgan fingerprint density at radius 2 is 1.83 bits per heavy atom. The number of nitrogens with zero attached hydrogens (tertiary/aromatic N) is 2. The van der Waals surface area contributed by atoms with Crippen molar-refractivity contribution in [3.8, 4) is 0 Å². The van der Waals surface area contributed by atoms with Gasteiger partial charge in [-0.2, -0.15) is 0 Å². The smallest absolute Gasteiger partial charge is 0.420 e. The Balaban J connectivity index is 2.40. The third kappa shape index (κ3) is 4.82. The van der Waals surface area contributed by atoms with E-state index in [1.807, 2.05) is 64.1 Å². The third-order valence-corrected chi connectivity index (χ3v) is 3.44. The van der Waals surface area contributed by atoms with E-state index in [9.17, 15) is 4.79 Å². The second-order valence-electron chi connectivity index (χ2n) is 6.92. The lowest BCUT2D eigenvalue weighted by atomic mass is 10.1. The van der Waals surface area contributed by atoms with Crippen LogP contribution >= 0.6 is 0 Å². The molecule has 4 nitrogen and oxygen atoms in total. The van der Waals surface area contributed by atoms with Gasteiger partial charge in [-0.3, -0.25) is 0 Å². The molecule has 0 unspecified atom stereocenters. The zero-order valence-corrected chi connectivity index (χ0v) is 15.2. The predicted octanol–water partition coefficient (Wildman–Crippen LogP) is 5.42. The van der Waals surface area contributed by atoms with Crippen LogP contribution in [0.3, 0.4) is 0 Å². The molecule has 1 aromatic heterocycles. The summed E-state index contributed by atoms with van der Waals surface area (Å²) < 4.78 is 5.57. The van der Waals surface area contributed by atoms with E-state index in [2.05, 4.69) is 11.9 Å². The quantitative estimate of drug-likeness (QED) is 0.754. The number of benzene rings is 1. The molecular weight excluding hydrogens is 300 g/mol. The van der Waals surface area contributed by atoms with E-state index >= 15 is 0 Å². The fraction of sp³-hybridized carbons (Fsp3) is 0.400. The predicted molar refractivity (Wildman–Crippen MR) is 97.8 cm³/mol. The number of amides is 1. The molecule has 0 bridgehead atoms. The van der Waals surface area contributed by atoms with Crippen LogP contribution in [0.2, 0.25) is 0 Å². The van der Waals surface area contributed by atoms with Crippen LogP contribution in [0.15, 0.2) is 42.6 Å². The van der Waals surface area contributed by atoms with Crippen LogP contribution in [0.4, 0.5) is 16.3 Å². The summed E-state index contributed by atoms with van der Waals surface area (Å²) in [6.45, 7) is 9.70. The van der Waals surface area contributed by atoms with Crippen LogP contribution in [-0.2, 0) is 11.2 Å². The van der Waals surface area contributed by atoms with Gasteiger partial charge in [0.15, 0.2) is 0 Å². The molecule has 0 N–H and O–H groups in total. The fourth-order valence-electron chi connectivity index (χ4n) is 2.38. The fourth-order valence-corrected chi connectivity index (χ4v) is 2.38. The van der Waals surface area contributed by atoms with Gasteiger partial charge < -0.3 is 4.74 Å². The van der Waals surface area contributed by atoms with Gasteiger partial charge in [-0.15, -0.1) is 0 Å². The van der Waals surface area contributed by atoms with Crippen LogP contribution in [0, 0.1) is 6.92 Å². The van der Waals surface area contributed by atoms with Crippen molar-refractivity contribution >= 4 is 17.6 Å². The summed E-state index contributed by atoms with van der Waals surface area (Å²) >= 11 is 0. The lowest BCUT2D eigenvalue weighted by Gasteiger charge is -2.27. The zero-order valence-electron chi connectivity index (χ0n) is 15.2. The molecule has 0 atom stereocenters. The van der Waals surface area contributed by atoms with Crippen LogP contribution in [0.5, 0.6) is 0 Å². The average Bonchev–Trinajstić information content (AvgIpc) is 2.48. The summed E-state index contributed by atoms with van der Waals surface area (Å²) in [6, 6.07) is 11.8. The van der Waals surface area contributed by atoms with Crippen LogP contribution in [-0.4, -0.2) is 16.7 Å². The second-order valence-corrected chi connectivity index (χ2v) is 6.92. The Morgan fingerprint density at radius 1 is 1.17 bits per heavy atom. The Hall–Kier alpha value is -2.36. The van der Waals surface area contributed by atoms with Gasteiger partial charge in [-0.05, 0) is 69.5 Å². The number of aromatic nitrogens is 1. The summed E-state index contributed by atoms with van der Waals surface area (Å²) in [5, 5.41) is 0. The van der Waals surface area contributed by atoms with Gasteiger partial charge in [0, 0.05) is 6.20 Å². The molecule has 0 spiro atoms. The SMILES string of the molecule is CCCc1ccc(N(C(=O)OC(C)(C)C)c2cc(C)ccn2)cc1. The molecule has 0 aliphatic rings.